The molecule has 1 aromatic heterocycles. The quantitative estimate of drug-likeness (QED) is 0.905. The molecule has 2 N–H and O–H groups in total. The number of aromatic nitrogens is 2. The summed E-state index contributed by atoms with van der Waals surface area (Å²) in [4.78, 5) is 13.8. The average Bonchev–Trinajstić information content (AvgIpc) is 2.47. The van der Waals surface area contributed by atoms with Crippen molar-refractivity contribution in [1.82, 2.24) is 14.9 Å². The first-order valence-corrected chi connectivity index (χ1v) is 8.23. The Kier molecular flexibility index (Phi) is 4.29. The molecule has 0 aromatic carbocycles. The molecule has 21 heavy (non-hydrogen) atoms. The van der Waals surface area contributed by atoms with Crippen molar-refractivity contribution in [1.29, 1.82) is 0 Å². The van der Waals surface area contributed by atoms with Crippen LogP contribution in [0.1, 0.15) is 50.6 Å². The lowest BCUT2D eigenvalue weighted by atomic mass is 9.87. The van der Waals surface area contributed by atoms with Crippen LogP contribution in [0.3, 0.4) is 0 Å². The Hall–Kier alpha value is -1.36. The van der Waals surface area contributed by atoms with Gasteiger partial charge in [0.1, 0.15) is 5.82 Å². The molecule has 1 saturated heterocycles. The van der Waals surface area contributed by atoms with Crippen molar-refractivity contribution in [3.05, 3.63) is 11.8 Å². The fraction of sp³-hybridized carbons (Fsp3) is 0.750. The minimum atomic E-state index is 0.430. The molecule has 5 heteroatoms. The van der Waals surface area contributed by atoms with Gasteiger partial charge in [0.15, 0.2) is 0 Å². The van der Waals surface area contributed by atoms with Crippen molar-refractivity contribution in [2.75, 3.05) is 37.3 Å². The van der Waals surface area contributed by atoms with Crippen LogP contribution in [0.2, 0.25) is 0 Å². The lowest BCUT2D eigenvalue weighted by molar-refractivity contribution is 0.274. The van der Waals surface area contributed by atoms with Gasteiger partial charge in [-0.15, -0.1) is 0 Å². The van der Waals surface area contributed by atoms with E-state index in [1.165, 1.54) is 32.1 Å². The van der Waals surface area contributed by atoms with Crippen LogP contribution < -0.4 is 10.6 Å². The Morgan fingerprint density at radius 3 is 2.62 bits per heavy atom. The second kappa shape index (κ2) is 6.18. The third-order valence-electron chi connectivity index (χ3n) is 4.90. The van der Waals surface area contributed by atoms with Crippen LogP contribution in [0.25, 0.3) is 0 Å². The van der Waals surface area contributed by atoms with Gasteiger partial charge in [-0.05, 0) is 26.8 Å². The van der Waals surface area contributed by atoms with E-state index in [0.29, 0.717) is 17.9 Å². The van der Waals surface area contributed by atoms with E-state index in [0.717, 1.165) is 31.1 Å². The van der Waals surface area contributed by atoms with Crippen LogP contribution in [0, 0.1) is 0 Å². The average molecular weight is 289 g/mol. The van der Waals surface area contributed by atoms with E-state index in [1.807, 2.05) is 0 Å². The Bertz CT molecular complexity index is 484. The maximum absolute atomic E-state index is 5.99. The first-order valence-electron chi connectivity index (χ1n) is 8.23. The van der Waals surface area contributed by atoms with E-state index in [-0.39, 0.29) is 0 Å². The Balaban J connectivity index is 1.83. The zero-order valence-electron chi connectivity index (χ0n) is 13.3. The molecule has 0 spiro atoms. The van der Waals surface area contributed by atoms with Gasteiger partial charge in [-0.25, -0.2) is 4.98 Å². The van der Waals surface area contributed by atoms with Gasteiger partial charge in [0, 0.05) is 37.7 Å². The molecule has 0 amide bonds. The number of hydrogen-bond acceptors (Lipinski definition) is 5. The molecular weight excluding hydrogens is 262 g/mol. The van der Waals surface area contributed by atoms with Gasteiger partial charge in [-0.1, -0.05) is 19.3 Å². The third kappa shape index (κ3) is 3.28. The van der Waals surface area contributed by atoms with Crippen molar-refractivity contribution < 1.29 is 0 Å². The molecule has 2 heterocycles. The number of rotatable bonds is 2. The van der Waals surface area contributed by atoms with E-state index in [9.17, 15) is 0 Å². The summed E-state index contributed by atoms with van der Waals surface area (Å²) in [7, 11) is 2.18. The predicted octanol–water partition coefficient (Wildman–Crippen LogP) is 2.25. The first-order chi connectivity index (χ1) is 10.1. The Morgan fingerprint density at radius 2 is 1.90 bits per heavy atom. The molecule has 0 unspecified atom stereocenters. The fourth-order valence-corrected chi connectivity index (χ4v) is 3.71. The predicted molar refractivity (Wildman–Crippen MR) is 86.6 cm³/mol. The highest BCUT2D eigenvalue weighted by Crippen LogP contribution is 2.33. The van der Waals surface area contributed by atoms with Crippen molar-refractivity contribution in [2.45, 2.75) is 51.0 Å². The Morgan fingerprint density at radius 1 is 1.14 bits per heavy atom. The molecule has 1 aromatic rings. The molecule has 2 aliphatic rings. The normalized spacial score (nSPS) is 25.2. The number of hydrogen-bond donors (Lipinski definition) is 1. The molecule has 1 atom stereocenters. The van der Waals surface area contributed by atoms with Crippen LogP contribution in [-0.4, -0.2) is 47.6 Å². The van der Waals surface area contributed by atoms with Gasteiger partial charge in [0.05, 0.1) is 5.69 Å². The minimum absolute atomic E-state index is 0.430. The lowest BCUT2D eigenvalue weighted by Gasteiger charge is -2.39. The second-order valence-corrected chi connectivity index (χ2v) is 6.65. The van der Waals surface area contributed by atoms with Gasteiger partial charge in [0.25, 0.3) is 0 Å². The van der Waals surface area contributed by atoms with Gasteiger partial charge < -0.3 is 15.5 Å². The smallest absolute Gasteiger partial charge is 0.222 e. The summed E-state index contributed by atoms with van der Waals surface area (Å²) >= 11 is 0. The van der Waals surface area contributed by atoms with Gasteiger partial charge in [-0.3, -0.25) is 0 Å². The fourth-order valence-electron chi connectivity index (χ4n) is 3.71. The first kappa shape index (κ1) is 14.6. The summed E-state index contributed by atoms with van der Waals surface area (Å²) in [6, 6.07) is 2.66. The highest BCUT2D eigenvalue weighted by atomic mass is 15.3. The number of nitrogens with two attached hydrogens (primary N) is 1. The van der Waals surface area contributed by atoms with Crippen molar-refractivity contribution in [3.8, 4) is 0 Å². The summed E-state index contributed by atoms with van der Waals surface area (Å²) in [6.07, 6.45) is 6.48. The third-order valence-corrected chi connectivity index (χ3v) is 4.90. The molecule has 1 aliphatic carbocycles. The second-order valence-electron chi connectivity index (χ2n) is 6.65. The van der Waals surface area contributed by atoms with E-state index in [2.05, 4.69) is 39.8 Å². The zero-order chi connectivity index (χ0) is 14.8. The molecule has 5 nitrogen and oxygen atoms in total. The molecule has 2 fully saturated rings. The molecular formula is C16H27N5. The van der Waals surface area contributed by atoms with E-state index in [1.54, 1.807) is 0 Å². The number of anilines is 2. The number of nitrogen functional groups attached to an aromatic ring is 1. The zero-order valence-corrected chi connectivity index (χ0v) is 13.3. The molecule has 3 rings (SSSR count). The molecule has 1 aliphatic heterocycles. The van der Waals surface area contributed by atoms with E-state index in [4.69, 9.17) is 5.73 Å². The number of piperazine rings is 1. The highest BCUT2D eigenvalue weighted by Gasteiger charge is 2.25. The summed E-state index contributed by atoms with van der Waals surface area (Å²) in [5.74, 6) is 2.02. The monoisotopic (exact) mass is 289 g/mol. The van der Waals surface area contributed by atoms with E-state index >= 15 is 0 Å². The summed E-state index contributed by atoms with van der Waals surface area (Å²) in [6.45, 7) is 5.42. The van der Waals surface area contributed by atoms with Gasteiger partial charge in [0.2, 0.25) is 5.95 Å². The lowest BCUT2D eigenvalue weighted by Crippen LogP contribution is -2.50. The standard InChI is InChI=1S/C16H27N5/c1-12-11-20(2)8-9-21(12)15-10-14(18-16(17)19-15)13-6-4-3-5-7-13/h10,12-13H,3-9,11H2,1-2H3,(H2,17,18,19)/t12-/m0/s1. The largest absolute Gasteiger partial charge is 0.368 e. The van der Waals surface area contributed by atoms with Gasteiger partial charge in [-0.2, -0.15) is 4.98 Å². The van der Waals surface area contributed by atoms with Gasteiger partial charge >= 0.3 is 0 Å². The number of likely N-dealkylation sites (N-methyl/N-ethyl adjacent to an activating group) is 1. The molecule has 0 radical (unpaired) electrons. The van der Waals surface area contributed by atoms with Crippen molar-refractivity contribution >= 4 is 11.8 Å². The summed E-state index contributed by atoms with van der Waals surface area (Å²) in [5.41, 5.74) is 7.14. The SMILES string of the molecule is C[C@H]1CN(C)CCN1c1cc(C2CCCCC2)nc(N)n1. The van der Waals surface area contributed by atoms with Crippen molar-refractivity contribution in [2.24, 2.45) is 0 Å². The summed E-state index contributed by atoms with van der Waals surface area (Å²) in [5, 5.41) is 0. The topological polar surface area (TPSA) is 58.3 Å². The van der Waals surface area contributed by atoms with Crippen LogP contribution in [-0.2, 0) is 0 Å². The molecule has 0 bridgehead atoms. The van der Waals surface area contributed by atoms with Crippen LogP contribution in [0.4, 0.5) is 11.8 Å². The Labute approximate surface area is 127 Å². The molecule has 116 valence electrons. The van der Waals surface area contributed by atoms with Crippen LogP contribution in [0.15, 0.2) is 6.07 Å². The van der Waals surface area contributed by atoms with Crippen LogP contribution in [0.5, 0.6) is 0 Å². The van der Waals surface area contributed by atoms with Crippen LogP contribution >= 0.6 is 0 Å². The minimum Gasteiger partial charge on any atom is -0.368 e. The maximum Gasteiger partial charge on any atom is 0.222 e. The summed E-state index contributed by atoms with van der Waals surface area (Å²) < 4.78 is 0. The molecule has 1 saturated carbocycles. The number of nitrogens with zero attached hydrogens (tertiary/aromatic N) is 4. The highest BCUT2D eigenvalue weighted by molar-refractivity contribution is 5.45. The maximum atomic E-state index is 5.99. The van der Waals surface area contributed by atoms with E-state index < -0.39 is 0 Å². The van der Waals surface area contributed by atoms with Crippen molar-refractivity contribution in [3.63, 3.8) is 0 Å².